The Morgan fingerprint density at radius 3 is 2.23 bits per heavy atom. The second-order valence-electron chi connectivity index (χ2n) is 2.44. The third-order valence-corrected chi connectivity index (χ3v) is 3.06. The molecule has 0 amide bonds. The lowest BCUT2D eigenvalue weighted by molar-refractivity contribution is 0.194. The van der Waals surface area contributed by atoms with Crippen molar-refractivity contribution in [2.75, 3.05) is 6.61 Å². The fraction of sp³-hybridized carbons (Fsp3) is 1.00. The highest BCUT2D eigenvalue weighted by atomic mass is 32.2. The van der Waals surface area contributed by atoms with Gasteiger partial charge in [-0.25, -0.2) is 4.57 Å². The van der Waals surface area contributed by atoms with E-state index in [1.807, 2.05) is 0 Å². The normalized spacial score (nSPS) is 15.7. The van der Waals surface area contributed by atoms with Crippen molar-refractivity contribution >= 4 is 17.9 Å². The summed E-state index contributed by atoms with van der Waals surface area (Å²) in [4.78, 5) is 16.4. The molecule has 13 heavy (non-hydrogen) atoms. The molecule has 0 fully saturated rings. The molecule has 0 aliphatic carbocycles. The van der Waals surface area contributed by atoms with Crippen LogP contribution in [0.25, 0.3) is 0 Å². The van der Waals surface area contributed by atoms with Crippen LogP contribution in [0.15, 0.2) is 0 Å². The van der Waals surface area contributed by atoms with E-state index in [4.69, 9.17) is 14.3 Å². The van der Waals surface area contributed by atoms with Gasteiger partial charge in [-0.2, -0.15) is 8.42 Å². The molecule has 1 unspecified atom stereocenters. The van der Waals surface area contributed by atoms with E-state index in [0.29, 0.717) is 0 Å². The van der Waals surface area contributed by atoms with E-state index in [-0.39, 0.29) is 6.42 Å². The quantitative estimate of drug-likeness (QED) is 0.443. The smallest absolute Gasteiger partial charge is 0.303 e. The first kappa shape index (κ1) is 13.0. The summed E-state index contributed by atoms with van der Waals surface area (Å²) < 4.78 is 43.3. The number of phosphoric acid groups is 1. The van der Waals surface area contributed by atoms with Crippen LogP contribution in [-0.4, -0.2) is 34.6 Å². The van der Waals surface area contributed by atoms with Crippen LogP contribution in [0.4, 0.5) is 0 Å². The fourth-order valence-corrected chi connectivity index (χ4v) is 1.22. The fourth-order valence-electron chi connectivity index (χ4n) is 0.487. The van der Waals surface area contributed by atoms with Crippen molar-refractivity contribution in [3.05, 3.63) is 0 Å². The van der Waals surface area contributed by atoms with Crippen molar-refractivity contribution in [3.8, 4) is 0 Å². The van der Waals surface area contributed by atoms with Gasteiger partial charge >= 0.3 is 7.82 Å². The second-order valence-corrected chi connectivity index (χ2v) is 5.51. The maximum Gasteiger partial charge on any atom is 0.469 e. The lowest BCUT2D eigenvalue weighted by Gasteiger charge is -2.08. The Morgan fingerprint density at radius 1 is 1.46 bits per heavy atom. The minimum Gasteiger partial charge on any atom is -0.303 e. The Kier molecular flexibility index (Phi) is 4.50. The third kappa shape index (κ3) is 7.12. The van der Waals surface area contributed by atoms with Crippen LogP contribution in [0.3, 0.4) is 0 Å². The molecule has 0 aromatic heterocycles. The second kappa shape index (κ2) is 4.50. The predicted molar refractivity (Wildman–Crippen MR) is 43.6 cm³/mol. The van der Waals surface area contributed by atoms with E-state index >= 15 is 0 Å². The summed E-state index contributed by atoms with van der Waals surface area (Å²) in [5, 5.41) is -1.10. The molecule has 1 atom stereocenters. The number of rotatable bonds is 5. The number of hydrogen-bond acceptors (Lipinski definition) is 4. The Morgan fingerprint density at radius 2 is 1.92 bits per heavy atom. The molecule has 9 heteroatoms. The largest absolute Gasteiger partial charge is 0.469 e. The molecule has 0 heterocycles. The minimum absolute atomic E-state index is 0.177. The maximum absolute atomic E-state index is 10.4. The van der Waals surface area contributed by atoms with E-state index in [0.717, 1.165) is 0 Å². The van der Waals surface area contributed by atoms with Gasteiger partial charge in [-0.15, -0.1) is 0 Å². The van der Waals surface area contributed by atoms with Crippen molar-refractivity contribution in [2.24, 2.45) is 0 Å². The van der Waals surface area contributed by atoms with E-state index in [2.05, 4.69) is 4.52 Å². The highest BCUT2D eigenvalue weighted by Gasteiger charge is 2.19. The number of phosphoric ester groups is 1. The van der Waals surface area contributed by atoms with Crippen LogP contribution in [0, 0.1) is 0 Å². The summed E-state index contributed by atoms with van der Waals surface area (Å²) in [7, 11) is -8.70. The van der Waals surface area contributed by atoms with Gasteiger partial charge in [-0.1, -0.05) is 0 Å². The summed E-state index contributed by atoms with van der Waals surface area (Å²) in [6.07, 6.45) is -0.177. The van der Waals surface area contributed by atoms with Gasteiger partial charge in [-0.05, 0) is 13.3 Å². The first-order valence-corrected chi connectivity index (χ1v) is 6.32. The molecule has 0 aliphatic rings. The molecular weight excluding hydrogens is 223 g/mol. The van der Waals surface area contributed by atoms with Crippen molar-refractivity contribution in [1.29, 1.82) is 0 Å². The average molecular weight is 234 g/mol. The molecule has 0 saturated heterocycles. The van der Waals surface area contributed by atoms with Crippen LogP contribution in [0.2, 0.25) is 0 Å². The molecule has 80 valence electrons. The van der Waals surface area contributed by atoms with Gasteiger partial charge in [0.15, 0.2) is 0 Å². The van der Waals surface area contributed by atoms with Gasteiger partial charge in [-0.3, -0.25) is 9.08 Å². The van der Waals surface area contributed by atoms with Gasteiger partial charge in [0.05, 0.1) is 11.9 Å². The number of hydrogen-bond donors (Lipinski definition) is 3. The van der Waals surface area contributed by atoms with Crippen molar-refractivity contribution in [1.82, 2.24) is 0 Å². The molecule has 0 radical (unpaired) electrons. The van der Waals surface area contributed by atoms with Crippen molar-refractivity contribution < 1.29 is 31.8 Å². The molecule has 3 N–H and O–H groups in total. The molecule has 0 aromatic rings. The Labute approximate surface area is 75.7 Å². The molecule has 0 aromatic carbocycles. The predicted octanol–water partition coefficient (Wildman–Crippen LogP) is -0.238. The summed E-state index contributed by atoms with van der Waals surface area (Å²) in [6.45, 7) is 0.781. The lowest BCUT2D eigenvalue weighted by atomic mass is 10.4. The third-order valence-electron chi connectivity index (χ3n) is 1.29. The molecule has 7 nitrogen and oxygen atoms in total. The van der Waals surface area contributed by atoms with Gasteiger partial charge < -0.3 is 9.79 Å². The standard InChI is InChI=1S/C4H11O7PS/c1-4(13(8,9)10)2-3-11-12(5,6)7/h4H,2-3H2,1H3,(H2,5,6,7)(H,8,9,10). The Balaban J connectivity index is 3.87. The topological polar surface area (TPSA) is 121 Å². The monoisotopic (exact) mass is 234 g/mol. The highest BCUT2D eigenvalue weighted by Crippen LogP contribution is 2.35. The first-order valence-electron chi connectivity index (χ1n) is 3.29. The molecule has 0 saturated carbocycles. The Bertz CT molecular complexity index is 290. The van der Waals surface area contributed by atoms with Crippen LogP contribution in [-0.2, 0) is 19.2 Å². The maximum atomic E-state index is 10.4. The highest BCUT2D eigenvalue weighted by molar-refractivity contribution is 7.86. The van der Waals surface area contributed by atoms with Crippen LogP contribution >= 0.6 is 7.82 Å². The summed E-state index contributed by atoms with van der Waals surface area (Å²) in [5.74, 6) is 0. The van der Waals surface area contributed by atoms with Gasteiger partial charge in [0.25, 0.3) is 10.1 Å². The summed E-state index contributed by atoms with van der Waals surface area (Å²) in [6, 6.07) is 0. The van der Waals surface area contributed by atoms with Crippen LogP contribution in [0.1, 0.15) is 13.3 Å². The molecular formula is C4H11O7PS. The zero-order chi connectivity index (χ0) is 10.7. The van der Waals surface area contributed by atoms with Crippen LogP contribution < -0.4 is 0 Å². The molecule has 0 rings (SSSR count). The van der Waals surface area contributed by atoms with E-state index in [1.54, 1.807) is 0 Å². The van der Waals surface area contributed by atoms with Gasteiger partial charge in [0, 0.05) is 0 Å². The Hall–Kier alpha value is 0.0200. The van der Waals surface area contributed by atoms with E-state index in [9.17, 15) is 13.0 Å². The van der Waals surface area contributed by atoms with Gasteiger partial charge in [0.2, 0.25) is 0 Å². The van der Waals surface area contributed by atoms with Crippen LogP contribution in [0.5, 0.6) is 0 Å². The van der Waals surface area contributed by atoms with E-state index < -0.39 is 29.8 Å². The SMILES string of the molecule is CC(CCOP(=O)(O)O)S(=O)(=O)O. The zero-order valence-electron chi connectivity index (χ0n) is 6.82. The van der Waals surface area contributed by atoms with Crippen molar-refractivity contribution in [3.63, 3.8) is 0 Å². The zero-order valence-corrected chi connectivity index (χ0v) is 8.53. The first-order chi connectivity index (χ1) is 5.63. The molecule has 0 aliphatic heterocycles. The lowest BCUT2D eigenvalue weighted by Crippen LogP contribution is -2.18. The minimum atomic E-state index is -4.55. The molecule has 0 bridgehead atoms. The van der Waals surface area contributed by atoms with E-state index in [1.165, 1.54) is 6.92 Å². The van der Waals surface area contributed by atoms with Gasteiger partial charge in [0.1, 0.15) is 0 Å². The molecule has 0 spiro atoms. The summed E-state index contributed by atoms with van der Waals surface area (Å²) in [5.41, 5.74) is 0. The average Bonchev–Trinajstić information content (AvgIpc) is 1.82. The summed E-state index contributed by atoms with van der Waals surface area (Å²) >= 11 is 0. The van der Waals surface area contributed by atoms with Crippen molar-refractivity contribution in [2.45, 2.75) is 18.6 Å².